The highest BCUT2D eigenvalue weighted by molar-refractivity contribution is 6.32. The molecule has 2 aliphatic rings. The Labute approximate surface area is 174 Å². The molecule has 0 aliphatic carbocycles. The Bertz CT molecular complexity index is 1050. The number of fused-ring (bicyclic) bond motifs is 2. The minimum Gasteiger partial charge on any atom is -0.491 e. The fraction of sp³-hybridized carbons (Fsp3) is 0.304. The van der Waals surface area contributed by atoms with Crippen LogP contribution >= 0.6 is 11.6 Å². The molecule has 0 spiro atoms. The number of imidazole rings is 1. The average Bonchev–Trinajstić information content (AvgIpc) is 3.10. The molecule has 29 heavy (non-hydrogen) atoms. The van der Waals surface area contributed by atoms with E-state index in [0.29, 0.717) is 23.4 Å². The van der Waals surface area contributed by atoms with E-state index in [2.05, 4.69) is 34.6 Å². The summed E-state index contributed by atoms with van der Waals surface area (Å²) in [6.45, 7) is 1.20. The standard InChI is InChI=1S/C23H22ClN3O2/c24-22-21(23(28)25-18-12-16-8-4-5-9-19(16)29-14-18)26-20-11-10-17(13-27(20)22)15-6-2-1-3-7-15/h1-9,17-18H,10-14H2,(H,25,28). The number of carbonyl (C=O) groups is 1. The Morgan fingerprint density at radius 2 is 1.93 bits per heavy atom. The van der Waals surface area contributed by atoms with Gasteiger partial charge in [0.25, 0.3) is 5.91 Å². The zero-order valence-corrected chi connectivity index (χ0v) is 16.7. The van der Waals surface area contributed by atoms with Gasteiger partial charge in [-0.2, -0.15) is 0 Å². The molecule has 0 fully saturated rings. The molecule has 1 aromatic heterocycles. The lowest BCUT2D eigenvalue weighted by Crippen LogP contribution is -2.43. The number of para-hydroxylation sites is 1. The lowest BCUT2D eigenvalue weighted by Gasteiger charge is -2.25. The van der Waals surface area contributed by atoms with Gasteiger partial charge in [-0.15, -0.1) is 0 Å². The van der Waals surface area contributed by atoms with Gasteiger partial charge in [0.1, 0.15) is 23.3 Å². The number of hydrogen-bond acceptors (Lipinski definition) is 3. The second kappa shape index (κ2) is 7.56. The second-order valence-electron chi connectivity index (χ2n) is 7.72. The fourth-order valence-corrected chi connectivity index (χ4v) is 4.58. The minimum absolute atomic E-state index is 0.0933. The van der Waals surface area contributed by atoms with Crippen molar-refractivity contribution in [3.05, 3.63) is 82.4 Å². The highest BCUT2D eigenvalue weighted by Gasteiger charge is 2.29. The van der Waals surface area contributed by atoms with Crippen molar-refractivity contribution in [3.63, 3.8) is 0 Å². The normalized spacial score (nSPS) is 20.3. The predicted molar refractivity (Wildman–Crippen MR) is 112 cm³/mol. The second-order valence-corrected chi connectivity index (χ2v) is 8.08. The maximum atomic E-state index is 12.9. The van der Waals surface area contributed by atoms with Crippen LogP contribution in [-0.2, 0) is 19.4 Å². The highest BCUT2D eigenvalue weighted by Crippen LogP contribution is 2.32. The summed E-state index contributed by atoms with van der Waals surface area (Å²) in [5.41, 5.74) is 2.71. The van der Waals surface area contributed by atoms with Crippen LogP contribution in [0.25, 0.3) is 0 Å². The van der Waals surface area contributed by atoms with Crippen LogP contribution in [0.3, 0.4) is 0 Å². The van der Waals surface area contributed by atoms with Crippen LogP contribution in [0.2, 0.25) is 5.15 Å². The van der Waals surface area contributed by atoms with E-state index >= 15 is 0 Å². The Morgan fingerprint density at radius 1 is 1.14 bits per heavy atom. The van der Waals surface area contributed by atoms with Gasteiger partial charge in [0, 0.05) is 18.9 Å². The van der Waals surface area contributed by atoms with Gasteiger partial charge in [-0.05, 0) is 30.0 Å². The molecule has 0 saturated carbocycles. The maximum Gasteiger partial charge on any atom is 0.273 e. The average molecular weight is 408 g/mol. The van der Waals surface area contributed by atoms with E-state index in [1.54, 1.807) is 0 Å². The molecule has 2 atom stereocenters. The SMILES string of the molecule is O=C(NC1COc2ccccc2C1)c1nc2n(c1Cl)CC(c1ccccc1)CC2. The van der Waals surface area contributed by atoms with Gasteiger partial charge in [-0.3, -0.25) is 4.79 Å². The van der Waals surface area contributed by atoms with Crippen molar-refractivity contribution in [2.45, 2.75) is 37.8 Å². The van der Waals surface area contributed by atoms with E-state index in [1.807, 2.05) is 34.9 Å². The van der Waals surface area contributed by atoms with Crippen molar-refractivity contribution in [1.29, 1.82) is 0 Å². The van der Waals surface area contributed by atoms with E-state index in [9.17, 15) is 4.79 Å². The van der Waals surface area contributed by atoms with Gasteiger partial charge < -0.3 is 14.6 Å². The number of aryl methyl sites for hydroxylation is 1. The van der Waals surface area contributed by atoms with Crippen LogP contribution in [0.15, 0.2) is 54.6 Å². The fourth-order valence-electron chi connectivity index (χ4n) is 4.28. The molecule has 1 amide bonds. The number of amides is 1. The molecule has 0 radical (unpaired) electrons. The summed E-state index contributed by atoms with van der Waals surface area (Å²) in [6.07, 6.45) is 2.56. The van der Waals surface area contributed by atoms with E-state index in [-0.39, 0.29) is 11.9 Å². The first-order valence-corrected chi connectivity index (χ1v) is 10.4. The van der Waals surface area contributed by atoms with Crippen LogP contribution in [0.1, 0.15) is 39.8 Å². The molecular formula is C23H22ClN3O2. The van der Waals surface area contributed by atoms with Crippen molar-refractivity contribution < 1.29 is 9.53 Å². The molecular weight excluding hydrogens is 386 g/mol. The van der Waals surface area contributed by atoms with E-state index < -0.39 is 0 Å². The third-order valence-corrected chi connectivity index (χ3v) is 6.19. The number of benzene rings is 2. The third kappa shape index (κ3) is 3.51. The molecule has 0 saturated heterocycles. The van der Waals surface area contributed by atoms with Crippen LogP contribution in [0.4, 0.5) is 0 Å². The Morgan fingerprint density at radius 3 is 2.79 bits per heavy atom. The molecule has 3 aromatic rings. The topological polar surface area (TPSA) is 56.1 Å². The van der Waals surface area contributed by atoms with E-state index in [1.165, 1.54) is 5.56 Å². The third-order valence-electron chi connectivity index (χ3n) is 5.80. The van der Waals surface area contributed by atoms with Crippen LogP contribution in [-0.4, -0.2) is 28.1 Å². The summed E-state index contributed by atoms with van der Waals surface area (Å²) in [5.74, 6) is 1.92. The van der Waals surface area contributed by atoms with Crippen molar-refractivity contribution in [1.82, 2.24) is 14.9 Å². The summed E-state index contributed by atoms with van der Waals surface area (Å²) in [7, 11) is 0. The smallest absolute Gasteiger partial charge is 0.273 e. The first-order valence-electron chi connectivity index (χ1n) is 10.0. The van der Waals surface area contributed by atoms with Crippen molar-refractivity contribution in [2.75, 3.05) is 6.61 Å². The Balaban J connectivity index is 1.32. The lowest BCUT2D eigenvalue weighted by atomic mass is 9.92. The number of nitrogens with zero attached hydrogens (tertiary/aromatic N) is 2. The molecule has 148 valence electrons. The van der Waals surface area contributed by atoms with E-state index in [4.69, 9.17) is 16.3 Å². The number of aromatic nitrogens is 2. The number of nitrogens with one attached hydrogen (secondary N) is 1. The Kier molecular flexibility index (Phi) is 4.76. The number of ether oxygens (including phenoxy) is 1. The first-order chi connectivity index (χ1) is 14.2. The van der Waals surface area contributed by atoms with Gasteiger partial charge in [0.05, 0.1) is 6.04 Å². The van der Waals surface area contributed by atoms with Crippen LogP contribution in [0, 0.1) is 0 Å². The first kappa shape index (κ1) is 18.3. The van der Waals surface area contributed by atoms with Crippen molar-refractivity contribution in [2.24, 2.45) is 0 Å². The minimum atomic E-state index is -0.235. The van der Waals surface area contributed by atoms with Gasteiger partial charge >= 0.3 is 0 Å². The zero-order valence-electron chi connectivity index (χ0n) is 16.0. The number of hydrogen-bond donors (Lipinski definition) is 1. The van der Waals surface area contributed by atoms with Gasteiger partial charge in [-0.25, -0.2) is 4.98 Å². The summed E-state index contributed by atoms with van der Waals surface area (Å²) < 4.78 is 7.76. The van der Waals surface area contributed by atoms with Gasteiger partial charge in [0.15, 0.2) is 5.69 Å². The molecule has 2 unspecified atom stereocenters. The monoisotopic (exact) mass is 407 g/mol. The number of carbonyl (C=O) groups excluding carboxylic acids is 1. The molecule has 5 nitrogen and oxygen atoms in total. The van der Waals surface area contributed by atoms with Gasteiger partial charge in [-0.1, -0.05) is 60.1 Å². The zero-order chi connectivity index (χ0) is 19.8. The van der Waals surface area contributed by atoms with Crippen molar-refractivity contribution >= 4 is 17.5 Å². The Hall–Kier alpha value is -2.79. The highest BCUT2D eigenvalue weighted by atomic mass is 35.5. The van der Waals surface area contributed by atoms with Crippen molar-refractivity contribution in [3.8, 4) is 5.75 Å². The molecule has 2 aliphatic heterocycles. The molecule has 6 heteroatoms. The lowest BCUT2D eigenvalue weighted by molar-refractivity contribution is 0.0910. The molecule has 2 aromatic carbocycles. The maximum absolute atomic E-state index is 12.9. The summed E-state index contributed by atoms with van der Waals surface area (Å²) in [5, 5.41) is 3.47. The summed E-state index contributed by atoms with van der Waals surface area (Å²) in [4.78, 5) is 17.5. The molecule has 1 N–H and O–H groups in total. The van der Waals surface area contributed by atoms with Gasteiger partial charge in [0.2, 0.25) is 0 Å². The predicted octanol–water partition coefficient (Wildman–Crippen LogP) is 4.00. The summed E-state index contributed by atoms with van der Waals surface area (Å²) in [6, 6.07) is 18.3. The van der Waals surface area contributed by atoms with Crippen LogP contribution in [0.5, 0.6) is 5.75 Å². The molecule has 0 bridgehead atoms. The molecule has 3 heterocycles. The van der Waals surface area contributed by atoms with E-state index in [0.717, 1.165) is 42.9 Å². The summed E-state index contributed by atoms with van der Waals surface area (Å²) >= 11 is 6.60. The largest absolute Gasteiger partial charge is 0.491 e. The quantitative estimate of drug-likeness (QED) is 0.714. The molecule has 5 rings (SSSR count). The number of halogens is 1. The number of rotatable bonds is 3. The van der Waals surface area contributed by atoms with Crippen LogP contribution < -0.4 is 10.1 Å².